The Morgan fingerprint density at radius 1 is 1.23 bits per heavy atom. The fraction of sp³-hybridized carbons (Fsp3) is 0.588. The van der Waals surface area contributed by atoms with E-state index < -0.39 is 0 Å². The highest BCUT2D eigenvalue weighted by atomic mass is 32.1. The van der Waals surface area contributed by atoms with E-state index in [0.717, 1.165) is 24.3 Å². The highest BCUT2D eigenvalue weighted by molar-refractivity contribution is 7.96. The number of quaternary nitrogens is 1. The summed E-state index contributed by atoms with van der Waals surface area (Å²) in [4.78, 5) is 12.8. The van der Waals surface area contributed by atoms with Crippen LogP contribution < -0.4 is 15.0 Å². The van der Waals surface area contributed by atoms with Crippen molar-refractivity contribution in [3.8, 4) is 5.75 Å². The minimum Gasteiger partial charge on any atom is -0.494 e. The van der Waals surface area contributed by atoms with Crippen LogP contribution in [0.4, 0.5) is 0 Å². The van der Waals surface area contributed by atoms with Crippen LogP contribution in [0.3, 0.4) is 0 Å². The van der Waals surface area contributed by atoms with E-state index in [0.29, 0.717) is 6.42 Å². The summed E-state index contributed by atoms with van der Waals surface area (Å²) in [5, 5.41) is 2.83. The van der Waals surface area contributed by atoms with Gasteiger partial charge in [0.15, 0.2) is 0 Å². The zero-order valence-corrected chi connectivity index (χ0v) is 14.8. The second-order valence-corrected chi connectivity index (χ2v) is 6.33. The average Bonchev–Trinajstić information content (AvgIpc) is 2.49. The third kappa shape index (κ3) is 7.82. The van der Waals surface area contributed by atoms with Crippen LogP contribution in [-0.2, 0) is 11.2 Å². The second kappa shape index (κ2) is 10.6. The molecule has 0 aliphatic rings. The third-order valence-corrected chi connectivity index (χ3v) is 3.91. The monoisotopic (exact) mass is 325 g/mol. The average molecular weight is 325 g/mol. The lowest BCUT2D eigenvalue weighted by Gasteiger charge is -2.12. The van der Waals surface area contributed by atoms with Gasteiger partial charge in [0.2, 0.25) is 5.12 Å². The molecule has 0 amide bonds. The molecule has 4 nitrogen and oxygen atoms in total. The fourth-order valence-electron chi connectivity index (χ4n) is 2.22. The molecule has 0 fully saturated rings. The molecule has 124 valence electrons. The van der Waals surface area contributed by atoms with Crippen molar-refractivity contribution in [1.82, 2.24) is 5.32 Å². The van der Waals surface area contributed by atoms with Gasteiger partial charge in [0.25, 0.3) is 0 Å². The van der Waals surface area contributed by atoms with Crippen molar-refractivity contribution in [2.75, 3.05) is 34.3 Å². The molecule has 2 N–H and O–H groups in total. The Morgan fingerprint density at radius 3 is 2.45 bits per heavy atom. The van der Waals surface area contributed by atoms with Gasteiger partial charge >= 0.3 is 0 Å². The zero-order chi connectivity index (χ0) is 16.4. The van der Waals surface area contributed by atoms with Gasteiger partial charge in [0.1, 0.15) is 5.75 Å². The van der Waals surface area contributed by atoms with Crippen LogP contribution in [-0.4, -0.2) is 45.5 Å². The molecule has 0 bridgehead atoms. The van der Waals surface area contributed by atoms with Crippen LogP contribution in [0.2, 0.25) is 0 Å². The SMILES string of the molecule is CNC(Cc1ccc(OCCCCC[NH+](C)C)cc1)C(=O)S. The van der Waals surface area contributed by atoms with Crippen molar-refractivity contribution in [3.05, 3.63) is 29.8 Å². The van der Waals surface area contributed by atoms with Gasteiger partial charge in [0, 0.05) is 0 Å². The Morgan fingerprint density at radius 2 is 1.91 bits per heavy atom. The van der Waals surface area contributed by atoms with E-state index in [9.17, 15) is 4.79 Å². The number of hydrogen-bond acceptors (Lipinski definition) is 3. The van der Waals surface area contributed by atoms with Crippen LogP contribution in [0.25, 0.3) is 0 Å². The number of thiol groups is 1. The number of benzene rings is 1. The molecule has 1 aromatic rings. The normalized spacial score (nSPS) is 12.4. The van der Waals surface area contributed by atoms with E-state index in [-0.39, 0.29) is 11.2 Å². The maximum atomic E-state index is 11.3. The molecule has 22 heavy (non-hydrogen) atoms. The van der Waals surface area contributed by atoms with Crippen molar-refractivity contribution in [2.24, 2.45) is 0 Å². The molecule has 1 aromatic carbocycles. The number of ether oxygens (including phenoxy) is 1. The highest BCUT2D eigenvalue weighted by Crippen LogP contribution is 2.14. The molecule has 0 saturated heterocycles. The van der Waals surface area contributed by atoms with Crippen molar-refractivity contribution in [2.45, 2.75) is 31.7 Å². The van der Waals surface area contributed by atoms with Crippen molar-refractivity contribution in [3.63, 3.8) is 0 Å². The van der Waals surface area contributed by atoms with Gasteiger partial charge in [-0.2, -0.15) is 0 Å². The Kier molecular flexibility index (Phi) is 9.20. The maximum absolute atomic E-state index is 11.3. The van der Waals surface area contributed by atoms with E-state index in [1.165, 1.54) is 24.3 Å². The van der Waals surface area contributed by atoms with Gasteiger partial charge in [-0.15, -0.1) is 12.6 Å². The summed E-state index contributed by atoms with van der Waals surface area (Å²) in [6.45, 7) is 1.97. The predicted octanol–water partition coefficient (Wildman–Crippen LogP) is 0.967. The third-order valence-electron chi connectivity index (χ3n) is 3.60. The number of likely N-dealkylation sites (N-methyl/N-ethyl adjacent to an activating group) is 1. The van der Waals surface area contributed by atoms with Crippen LogP contribution >= 0.6 is 12.6 Å². The van der Waals surface area contributed by atoms with Gasteiger partial charge in [-0.05, 0) is 50.4 Å². The summed E-state index contributed by atoms with van der Waals surface area (Å²) in [6, 6.07) is 7.70. The molecule has 0 spiro atoms. The number of hydrogen-bond donors (Lipinski definition) is 3. The summed E-state index contributed by atoms with van der Waals surface area (Å²) in [5.74, 6) is 0.889. The molecule has 1 atom stereocenters. The van der Waals surface area contributed by atoms with Crippen LogP contribution in [0.15, 0.2) is 24.3 Å². The minimum absolute atomic E-state index is 0.137. The molecule has 1 unspecified atom stereocenters. The minimum atomic E-state index is -0.242. The largest absolute Gasteiger partial charge is 0.494 e. The number of rotatable bonds is 11. The van der Waals surface area contributed by atoms with E-state index in [4.69, 9.17) is 4.74 Å². The Bertz CT molecular complexity index is 435. The summed E-state index contributed by atoms with van der Waals surface area (Å²) in [7, 11) is 6.13. The molecule has 1 rings (SSSR count). The lowest BCUT2D eigenvalue weighted by atomic mass is 10.1. The van der Waals surface area contributed by atoms with Crippen LogP contribution in [0.5, 0.6) is 5.75 Å². The molecule has 0 aliphatic carbocycles. The maximum Gasteiger partial charge on any atom is 0.203 e. The smallest absolute Gasteiger partial charge is 0.203 e. The first kappa shape index (κ1) is 19.0. The first-order valence-corrected chi connectivity index (χ1v) is 8.38. The number of carbonyl (C=O) groups is 1. The molecular formula is C17H29N2O2S+. The summed E-state index contributed by atoms with van der Waals surface area (Å²) < 4.78 is 5.74. The Hall–Kier alpha value is -1.04. The van der Waals surface area contributed by atoms with Gasteiger partial charge in [-0.1, -0.05) is 12.1 Å². The first-order chi connectivity index (χ1) is 10.5. The molecule has 0 saturated carbocycles. The number of unbranched alkanes of at least 4 members (excludes halogenated alkanes) is 2. The Labute approximate surface area is 139 Å². The molecular weight excluding hydrogens is 296 g/mol. The lowest BCUT2D eigenvalue weighted by molar-refractivity contribution is -0.858. The fourth-order valence-corrected chi connectivity index (χ4v) is 2.44. The van der Waals surface area contributed by atoms with Gasteiger partial charge < -0.3 is 15.0 Å². The van der Waals surface area contributed by atoms with E-state index in [2.05, 4.69) is 32.0 Å². The predicted molar refractivity (Wildman–Crippen MR) is 94.0 cm³/mol. The van der Waals surface area contributed by atoms with E-state index in [1.54, 1.807) is 7.05 Å². The van der Waals surface area contributed by atoms with Crippen molar-refractivity contribution >= 4 is 17.7 Å². The van der Waals surface area contributed by atoms with Crippen molar-refractivity contribution < 1.29 is 14.4 Å². The second-order valence-electron chi connectivity index (χ2n) is 5.89. The molecule has 0 aromatic heterocycles. The molecule has 0 heterocycles. The summed E-state index contributed by atoms with van der Waals surface area (Å²) in [5.41, 5.74) is 1.10. The van der Waals surface area contributed by atoms with Crippen LogP contribution in [0.1, 0.15) is 24.8 Å². The highest BCUT2D eigenvalue weighted by Gasteiger charge is 2.12. The van der Waals surface area contributed by atoms with Crippen molar-refractivity contribution in [1.29, 1.82) is 0 Å². The first-order valence-electron chi connectivity index (χ1n) is 7.93. The van der Waals surface area contributed by atoms with E-state index >= 15 is 0 Å². The van der Waals surface area contributed by atoms with E-state index in [1.807, 2.05) is 24.3 Å². The topological polar surface area (TPSA) is 42.8 Å². The lowest BCUT2D eigenvalue weighted by Crippen LogP contribution is -3.05. The molecule has 0 radical (unpaired) electrons. The molecule has 5 heteroatoms. The summed E-state index contributed by atoms with van der Waals surface area (Å²) in [6.07, 6.45) is 4.18. The zero-order valence-electron chi connectivity index (χ0n) is 13.9. The Balaban J connectivity index is 2.28. The number of nitrogens with one attached hydrogen (secondary N) is 2. The van der Waals surface area contributed by atoms with Gasteiger partial charge in [-0.3, -0.25) is 4.79 Å². The quantitative estimate of drug-likeness (QED) is 0.419. The number of carbonyl (C=O) groups excluding carboxylic acids is 1. The van der Waals surface area contributed by atoms with Gasteiger partial charge in [0.05, 0.1) is 33.3 Å². The van der Waals surface area contributed by atoms with Crippen LogP contribution in [0, 0.1) is 0 Å². The standard InChI is InChI=1S/C17H28N2O2S/c1-18-16(17(20)22)13-14-7-9-15(10-8-14)21-12-6-4-5-11-19(2)3/h7-10,16,18H,4-6,11-13H2,1-3H3,(H,20,22)/p+1. The molecule has 0 aliphatic heterocycles. The van der Waals surface area contributed by atoms with Gasteiger partial charge in [-0.25, -0.2) is 0 Å². The summed E-state index contributed by atoms with van der Waals surface area (Å²) >= 11 is 3.88.